The average Bonchev–Trinajstić information content (AvgIpc) is 2.76. The average molecular weight is 446 g/mol. The summed E-state index contributed by atoms with van der Waals surface area (Å²) in [5.41, 5.74) is 0.695. The SMILES string of the molecule is CC(=O)OC1CCC(C(=O)Oc2ccc(OC(=O)C3CCC(OC=O)CC3)c(C)c2)CC1. The fourth-order valence-electron chi connectivity index (χ4n) is 4.36. The van der Waals surface area contributed by atoms with Crippen molar-refractivity contribution in [1.29, 1.82) is 0 Å². The largest absolute Gasteiger partial charge is 0.465 e. The Kier molecular flexibility index (Phi) is 8.25. The molecule has 0 amide bonds. The smallest absolute Gasteiger partial charge is 0.314 e. The molecule has 0 saturated heterocycles. The number of hydrogen-bond donors (Lipinski definition) is 0. The van der Waals surface area contributed by atoms with Crippen molar-refractivity contribution in [3.05, 3.63) is 23.8 Å². The summed E-state index contributed by atoms with van der Waals surface area (Å²) in [5, 5.41) is 0. The number of aryl methyl sites for hydroxylation is 1. The molecule has 0 aliphatic heterocycles. The molecule has 0 N–H and O–H groups in total. The molecular weight excluding hydrogens is 416 g/mol. The van der Waals surface area contributed by atoms with Crippen molar-refractivity contribution < 1.29 is 38.1 Å². The van der Waals surface area contributed by atoms with Gasteiger partial charge in [0.2, 0.25) is 0 Å². The fraction of sp³-hybridized carbons (Fsp3) is 0.583. The highest BCUT2D eigenvalue weighted by Crippen LogP contribution is 2.31. The van der Waals surface area contributed by atoms with Crippen molar-refractivity contribution in [3.8, 4) is 11.5 Å². The van der Waals surface area contributed by atoms with Gasteiger partial charge in [0.05, 0.1) is 11.8 Å². The van der Waals surface area contributed by atoms with Crippen LogP contribution in [0.2, 0.25) is 0 Å². The van der Waals surface area contributed by atoms with Gasteiger partial charge in [-0.1, -0.05) is 0 Å². The zero-order valence-corrected chi connectivity index (χ0v) is 18.5. The molecule has 32 heavy (non-hydrogen) atoms. The topological polar surface area (TPSA) is 105 Å². The van der Waals surface area contributed by atoms with E-state index in [2.05, 4.69) is 0 Å². The van der Waals surface area contributed by atoms with E-state index in [1.807, 2.05) is 0 Å². The maximum Gasteiger partial charge on any atom is 0.314 e. The minimum Gasteiger partial charge on any atom is -0.465 e. The van der Waals surface area contributed by atoms with E-state index >= 15 is 0 Å². The Bertz CT molecular complexity index is 832. The van der Waals surface area contributed by atoms with Gasteiger partial charge in [0.1, 0.15) is 23.7 Å². The highest BCUT2D eigenvalue weighted by molar-refractivity contribution is 5.77. The third-order valence-electron chi connectivity index (χ3n) is 6.17. The van der Waals surface area contributed by atoms with Gasteiger partial charge in [0.25, 0.3) is 6.47 Å². The van der Waals surface area contributed by atoms with Crippen LogP contribution in [0.15, 0.2) is 18.2 Å². The molecule has 2 saturated carbocycles. The zero-order valence-electron chi connectivity index (χ0n) is 18.5. The molecule has 1 aromatic carbocycles. The van der Waals surface area contributed by atoms with Crippen molar-refractivity contribution in [2.24, 2.45) is 11.8 Å². The van der Waals surface area contributed by atoms with E-state index < -0.39 is 0 Å². The molecule has 0 bridgehead atoms. The Morgan fingerprint density at radius 1 is 0.844 bits per heavy atom. The second-order valence-electron chi connectivity index (χ2n) is 8.56. The lowest BCUT2D eigenvalue weighted by Gasteiger charge is -2.26. The van der Waals surface area contributed by atoms with Crippen LogP contribution in [0.3, 0.4) is 0 Å². The first-order valence-electron chi connectivity index (χ1n) is 11.2. The van der Waals surface area contributed by atoms with E-state index in [9.17, 15) is 19.2 Å². The normalized spacial score (nSPS) is 25.3. The summed E-state index contributed by atoms with van der Waals surface area (Å²) in [6, 6.07) is 4.93. The van der Waals surface area contributed by atoms with E-state index in [-0.39, 0.29) is 42.0 Å². The summed E-state index contributed by atoms with van der Waals surface area (Å²) in [6.45, 7) is 3.63. The highest BCUT2D eigenvalue weighted by Gasteiger charge is 2.30. The van der Waals surface area contributed by atoms with Crippen LogP contribution in [0.5, 0.6) is 11.5 Å². The van der Waals surface area contributed by atoms with E-state index in [1.165, 1.54) is 6.92 Å². The molecule has 0 atom stereocenters. The van der Waals surface area contributed by atoms with Gasteiger partial charge in [0.15, 0.2) is 0 Å². The first kappa shape index (κ1) is 23.8. The summed E-state index contributed by atoms with van der Waals surface area (Å²) >= 11 is 0. The number of rotatable bonds is 7. The molecule has 1 aromatic rings. The highest BCUT2D eigenvalue weighted by atomic mass is 16.6. The van der Waals surface area contributed by atoms with Gasteiger partial charge in [0, 0.05) is 6.92 Å². The lowest BCUT2D eigenvalue weighted by atomic mass is 9.87. The quantitative estimate of drug-likeness (QED) is 0.355. The molecule has 2 aliphatic rings. The maximum absolute atomic E-state index is 12.5. The van der Waals surface area contributed by atoms with Gasteiger partial charge in [-0.2, -0.15) is 0 Å². The van der Waals surface area contributed by atoms with Gasteiger partial charge >= 0.3 is 17.9 Å². The molecule has 8 nitrogen and oxygen atoms in total. The zero-order chi connectivity index (χ0) is 23.1. The van der Waals surface area contributed by atoms with Crippen LogP contribution in [0, 0.1) is 18.8 Å². The van der Waals surface area contributed by atoms with E-state index in [0.717, 1.165) is 0 Å². The number of benzene rings is 1. The maximum atomic E-state index is 12.5. The molecule has 2 aliphatic carbocycles. The molecular formula is C24H30O8. The van der Waals surface area contributed by atoms with Gasteiger partial charge in [-0.3, -0.25) is 19.2 Å². The number of esters is 3. The van der Waals surface area contributed by atoms with Crippen molar-refractivity contribution in [1.82, 2.24) is 0 Å². The number of ether oxygens (including phenoxy) is 4. The molecule has 8 heteroatoms. The van der Waals surface area contributed by atoms with Crippen molar-refractivity contribution in [2.75, 3.05) is 0 Å². The molecule has 0 heterocycles. The standard InChI is InChI=1S/C24H30O8/c1-15-13-21(31-23(27)17-5-9-20(10-6-17)30-16(2)26)11-12-22(15)32-24(28)18-3-7-19(8-4-18)29-14-25/h11-14,17-20H,3-10H2,1-2H3. The van der Waals surface area contributed by atoms with Gasteiger partial charge < -0.3 is 18.9 Å². The Balaban J connectivity index is 1.48. The fourth-order valence-corrected chi connectivity index (χ4v) is 4.36. The Morgan fingerprint density at radius 2 is 1.41 bits per heavy atom. The molecule has 0 unspecified atom stereocenters. The summed E-state index contributed by atoms with van der Waals surface area (Å²) < 4.78 is 21.3. The third kappa shape index (κ3) is 6.55. The van der Waals surface area contributed by atoms with Crippen LogP contribution < -0.4 is 9.47 Å². The second-order valence-corrected chi connectivity index (χ2v) is 8.56. The third-order valence-corrected chi connectivity index (χ3v) is 6.17. The number of carbonyl (C=O) groups is 4. The Morgan fingerprint density at radius 3 is 1.94 bits per heavy atom. The van der Waals surface area contributed by atoms with Gasteiger partial charge in [-0.25, -0.2) is 0 Å². The van der Waals surface area contributed by atoms with Crippen LogP contribution in [0.4, 0.5) is 0 Å². The van der Waals surface area contributed by atoms with Gasteiger partial charge in [-0.15, -0.1) is 0 Å². The molecule has 2 fully saturated rings. The summed E-state index contributed by atoms with van der Waals surface area (Å²) in [5.74, 6) is -0.508. The second kappa shape index (κ2) is 11.1. The lowest BCUT2D eigenvalue weighted by Crippen LogP contribution is -2.29. The predicted molar refractivity (Wildman–Crippen MR) is 113 cm³/mol. The minimum absolute atomic E-state index is 0.121. The van der Waals surface area contributed by atoms with Gasteiger partial charge in [-0.05, 0) is 82.1 Å². The molecule has 0 aromatic heterocycles. The summed E-state index contributed by atoms with van der Waals surface area (Å²) in [6.07, 6.45) is 4.82. The monoisotopic (exact) mass is 446 g/mol. The van der Waals surface area contributed by atoms with Crippen molar-refractivity contribution in [3.63, 3.8) is 0 Å². The van der Waals surface area contributed by atoms with Crippen LogP contribution in [-0.4, -0.2) is 36.6 Å². The van der Waals surface area contributed by atoms with E-state index in [0.29, 0.717) is 74.9 Å². The van der Waals surface area contributed by atoms with Crippen LogP contribution >= 0.6 is 0 Å². The Hall–Kier alpha value is -2.90. The molecule has 174 valence electrons. The van der Waals surface area contributed by atoms with E-state index in [4.69, 9.17) is 18.9 Å². The summed E-state index contributed by atoms with van der Waals surface area (Å²) in [7, 11) is 0. The minimum atomic E-state index is -0.301. The first-order chi connectivity index (χ1) is 15.4. The molecule has 0 radical (unpaired) electrons. The van der Waals surface area contributed by atoms with Crippen molar-refractivity contribution in [2.45, 2.75) is 77.4 Å². The van der Waals surface area contributed by atoms with Crippen molar-refractivity contribution >= 4 is 24.4 Å². The van der Waals surface area contributed by atoms with Crippen LogP contribution in [0.1, 0.15) is 63.9 Å². The Labute approximate surface area is 187 Å². The van der Waals surface area contributed by atoms with E-state index in [1.54, 1.807) is 25.1 Å². The van der Waals surface area contributed by atoms with Crippen LogP contribution in [-0.2, 0) is 28.7 Å². The summed E-state index contributed by atoms with van der Waals surface area (Å²) in [4.78, 5) is 46.5. The molecule has 0 spiro atoms. The lowest BCUT2D eigenvalue weighted by molar-refractivity contribution is -0.150. The first-order valence-corrected chi connectivity index (χ1v) is 11.2. The predicted octanol–water partition coefficient (Wildman–Crippen LogP) is 3.66. The number of hydrogen-bond acceptors (Lipinski definition) is 8. The molecule has 3 rings (SSSR count). The number of carbonyl (C=O) groups excluding carboxylic acids is 4. The van der Waals surface area contributed by atoms with Crippen LogP contribution in [0.25, 0.3) is 0 Å².